The van der Waals surface area contributed by atoms with Gasteiger partial charge < -0.3 is 5.11 Å². The van der Waals surface area contributed by atoms with Gasteiger partial charge in [0.25, 0.3) is 0 Å². The van der Waals surface area contributed by atoms with E-state index in [9.17, 15) is 5.11 Å². The molecule has 4 aliphatic carbocycles. The van der Waals surface area contributed by atoms with Crippen LogP contribution >= 0.6 is 0 Å². The number of aliphatic hydroxyl groups is 1. The maximum absolute atomic E-state index is 9.31. The summed E-state index contributed by atoms with van der Waals surface area (Å²) in [6, 6.07) is 0. The average molecular weight is 152 g/mol. The van der Waals surface area contributed by atoms with Crippen LogP contribution in [0.5, 0.6) is 0 Å². The van der Waals surface area contributed by atoms with Gasteiger partial charge in [0.1, 0.15) is 0 Å². The Bertz CT molecular complexity index is 168. The Morgan fingerprint density at radius 3 is 2.18 bits per heavy atom. The van der Waals surface area contributed by atoms with Crippen LogP contribution in [0.4, 0.5) is 0 Å². The van der Waals surface area contributed by atoms with Crippen LogP contribution in [0.25, 0.3) is 0 Å². The van der Waals surface area contributed by atoms with Crippen LogP contribution in [0.1, 0.15) is 32.1 Å². The normalized spacial score (nSPS) is 59.2. The fraction of sp³-hybridized carbons (Fsp3) is 1.00. The summed E-state index contributed by atoms with van der Waals surface area (Å²) in [7, 11) is 0. The largest absolute Gasteiger partial charge is 0.396 e. The maximum Gasteiger partial charge on any atom is 0.0487 e. The first-order valence-electron chi connectivity index (χ1n) is 4.92. The minimum Gasteiger partial charge on any atom is -0.396 e. The first-order valence-corrected chi connectivity index (χ1v) is 4.92. The van der Waals surface area contributed by atoms with Crippen molar-refractivity contribution in [3.05, 3.63) is 0 Å². The van der Waals surface area contributed by atoms with Crippen LogP contribution in [0, 0.1) is 23.2 Å². The highest BCUT2D eigenvalue weighted by atomic mass is 16.3. The molecule has 4 fully saturated rings. The maximum atomic E-state index is 9.31. The minimum atomic E-state index is 0.413. The van der Waals surface area contributed by atoms with E-state index in [1.165, 1.54) is 32.1 Å². The van der Waals surface area contributed by atoms with Crippen LogP contribution in [-0.4, -0.2) is 11.7 Å². The van der Waals surface area contributed by atoms with Gasteiger partial charge in [-0.2, -0.15) is 0 Å². The van der Waals surface area contributed by atoms with Gasteiger partial charge in [0.05, 0.1) is 0 Å². The fourth-order valence-corrected chi connectivity index (χ4v) is 4.17. The lowest BCUT2D eigenvalue weighted by atomic mass is 9.70. The third kappa shape index (κ3) is 0.703. The Labute approximate surface area is 67.8 Å². The van der Waals surface area contributed by atoms with Gasteiger partial charge in [0, 0.05) is 6.61 Å². The summed E-state index contributed by atoms with van der Waals surface area (Å²) in [5.41, 5.74) is 0.413. The van der Waals surface area contributed by atoms with Gasteiger partial charge in [0.15, 0.2) is 0 Å². The molecule has 4 saturated carbocycles. The molecule has 0 aromatic heterocycles. The SMILES string of the molecule is OCC12CC3CC(C1)C(C3)C2. The molecule has 1 heteroatoms. The van der Waals surface area contributed by atoms with Crippen molar-refractivity contribution in [3.63, 3.8) is 0 Å². The first kappa shape index (κ1) is 6.47. The molecule has 62 valence electrons. The Morgan fingerprint density at radius 2 is 1.73 bits per heavy atom. The summed E-state index contributed by atoms with van der Waals surface area (Å²) in [5.74, 6) is 3.03. The van der Waals surface area contributed by atoms with E-state index in [1.807, 2.05) is 0 Å². The molecule has 0 heterocycles. The summed E-state index contributed by atoms with van der Waals surface area (Å²) in [6.45, 7) is 0.469. The van der Waals surface area contributed by atoms with Crippen molar-refractivity contribution in [1.82, 2.24) is 0 Å². The summed E-state index contributed by atoms with van der Waals surface area (Å²) < 4.78 is 0. The van der Waals surface area contributed by atoms with Gasteiger partial charge >= 0.3 is 0 Å². The number of aliphatic hydroxyl groups excluding tert-OH is 1. The third-order valence-electron chi connectivity index (χ3n) is 4.39. The highest BCUT2D eigenvalue weighted by Crippen LogP contribution is 2.63. The molecule has 11 heavy (non-hydrogen) atoms. The van der Waals surface area contributed by atoms with E-state index in [4.69, 9.17) is 0 Å². The molecule has 2 unspecified atom stereocenters. The Balaban J connectivity index is 1.94. The van der Waals surface area contributed by atoms with Crippen LogP contribution in [0.15, 0.2) is 0 Å². The van der Waals surface area contributed by atoms with Crippen LogP contribution in [-0.2, 0) is 0 Å². The average Bonchev–Trinajstić information content (AvgIpc) is 2.40. The summed E-state index contributed by atoms with van der Waals surface area (Å²) in [6.07, 6.45) is 7.03. The second kappa shape index (κ2) is 1.82. The molecular weight excluding hydrogens is 136 g/mol. The highest BCUT2D eigenvalue weighted by molar-refractivity contribution is 5.05. The molecule has 4 rings (SSSR count). The molecule has 4 bridgehead atoms. The van der Waals surface area contributed by atoms with Gasteiger partial charge in [-0.3, -0.25) is 0 Å². The second-order valence-corrected chi connectivity index (χ2v) is 5.13. The predicted octanol–water partition coefficient (Wildman–Crippen LogP) is 1.80. The van der Waals surface area contributed by atoms with Crippen molar-refractivity contribution < 1.29 is 5.11 Å². The van der Waals surface area contributed by atoms with E-state index in [0.717, 1.165) is 17.8 Å². The topological polar surface area (TPSA) is 20.2 Å². The van der Waals surface area contributed by atoms with Crippen molar-refractivity contribution in [2.75, 3.05) is 6.61 Å². The van der Waals surface area contributed by atoms with E-state index < -0.39 is 0 Å². The summed E-state index contributed by atoms with van der Waals surface area (Å²) >= 11 is 0. The van der Waals surface area contributed by atoms with Crippen molar-refractivity contribution in [1.29, 1.82) is 0 Å². The second-order valence-electron chi connectivity index (χ2n) is 5.13. The van der Waals surface area contributed by atoms with Crippen LogP contribution in [0.2, 0.25) is 0 Å². The highest BCUT2D eigenvalue weighted by Gasteiger charge is 2.55. The van der Waals surface area contributed by atoms with E-state index in [-0.39, 0.29) is 0 Å². The monoisotopic (exact) mass is 152 g/mol. The Kier molecular flexibility index (Phi) is 1.07. The predicted molar refractivity (Wildman–Crippen MR) is 43.1 cm³/mol. The van der Waals surface area contributed by atoms with E-state index in [1.54, 1.807) is 0 Å². The zero-order valence-corrected chi connectivity index (χ0v) is 6.92. The molecule has 0 aromatic rings. The standard InChI is InChI=1S/C10H16O/c11-6-10-3-7-1-8(4-10)9(2-7)5-10/h7-9,11H,1-6H2. The van der Waals surface area contributed by atoms with Crippen molar-refractivity contribution in [3.8, 4) is 0 Å². The van der Waals surface area contributed by atoms with Gasteiger partial charge in [0.2, 0.25) is 0 Å². The zero-order valence-electron chi connectivity index (χ0n) is 6.92. The number of hydrogen-bond donors (Lipinski definition) is 1. The quantitative estimate of drug-likeness (QED) is 0.607. The lowest BCUT2D eigenvalue weighted by Gasteiger charge is -2.36. The van der Waals surface area contributed by atoms with Crippen LogP contribution in [0.3, 0.4) is 0 Å². The van der Waals surface area contributed by atoms with Gasteiger partial charge in [-0.1, -0.05) is 0 Å². The van der Waals surface area contributed by atoms with E-state index in [2.05, 4.69) is 0 Å². The molecule has 0 aromatic carbocycles. The molecule has 0 radical (unpaired) electrons. The molecule has 0 spiro atoms. The third-order valence-corrected chi connectivity index (χ3v) is 4.39. The fourth-order valence-electron chi connectivity index (χ4n) is 4.17. The van der Waals surface area contributed by atoms with Gasteiger partial charge in [-0.25, -0.2) is 0 Å². The Hall–Kier alpha value is -0.0400. The molecule has 4 aliphatic rings. The van der Waals surface area contributed by atoms with Gasteiger partial charge in [-0.05, 0) is 55.3 Å². The van der Waals surface area contributed by atoms with E-state index >= 15 is 0 Å². The first-order chi connectivity index (χ1) is 5.31. The van der Waals surface area contributed by atoms with Crippen LogP contribution < -0.4 is 0 Å². The molecule has 0 aliphatic heterocycles. The van der Waals surface area contributed by atoms with E-state index in [0.29, 0.717) is 12.0 Å². The molecule has 1 nitrogen and oxygen atoms in total. The molecular formula is C10H16O. The lowest BCUT2D eigenvalue weighted by Crippen LogP contribution is -2.30. The minimum absolute atomic E-state index is 0.413. The van der Waals surface area contributed by atoms with Crippen molar-refractivity contribution in [2.24, 2.45) is 23.2 Å². The smallest absolute Gasteiger partial charge is 0.0487 e. The van der Waals surface area contributed by atoms with Gasteiger partial charge in [-0.15, -0.1) is 0 Å². The number of hydrogen-bond acceptors (Lipinski definition) is 1. The molecule has 2 atom stereocenters. The number of rotatable bonds is 1. The van der Waals surface area contributed by atoms with Crippen molar-refractivity contribution in [2.45, 2.75) is 32.1 Å². The van der Waals surface area contributed by atoms with Crippen molar-refractivity contribution >= 4 is 0 Å². The zero-order chi connectivity index (χ0) is 7.47. The summed E-state index contributed by atoms with van der Waals surface area (Å²) in [5, 5.41) is 9.31. The lowest BCUT2D eigenvalue weighted by molar-refractivity contribution is 0.0618. The molecule has 1 N–H and O–H groups in total. The summed E-state index contributed by atoms with van der Waals surface area (Å²) in [4.78, 5) is 0. The molecule has 0 amide bonds. The molecule has 0 saturated heterocycles. The Morgan fingerprint density at radius 1 is 1.09 bits per heavy atom.